The van der Waals surface area contributed by atoms with Crippen molar-refractivity contribution in [3.05, 3.63) is 52.2 Å². The number of hydrogen-bond donors (Lipinski definition) is 0. The highest BCUT2D eigenvalue weighted by Gasteiger charge is 2.31. The molecule has 1 fully saturated rings. The lowest BCUT2D eigenvalue weighted by atomic mass is 10.1. The minimum atomic E-state index is -4.75. The molecule has 2 aromatic rings. The van der Waals surface area contributed by atoms with Crippen LogP contribution in [0.25, 0.3) is 0 Å². The number of rotatable bonds is 6. The van der Waals surface area contributed by atoms with E-state index < -0.39 is 6.36 Å². The molecule has 1 aliphatic rings. The Kier molecular flexibility index (Phi) is 5.83. The number of benzene rings is 1. The van der Waals surface area contributed by atoms with Gasteiger partial charge in [0.1, 0.15) is 5.75 Å². The Bertz CT molecular complexity index is 710. The topological polar surface area (TPSA) is 38.8 Å². The largest absolute Gasteiger partial charge is 0.573 e. The van der Waals surface area contributed by atoms with Crippen LogP contribution in [0.1, 0.15) is 28.1 Å². The Hall–Kier alpha value is -2.06. The van der Waals surface area contributed by atoms with Gasteiger partial charge in [-0.05, 0) is 48.6 Å². The molecule has 0 aliphatic carbocycles. The average molecular weight is 385 g/mol. The molecule has 0 bridgehead atoms. The maximum absolute atomic E-state index is 12.9. The van der Waals surface area contributed by atoms with E-state index in [4.69, 9.17) is 4.74 Å². The molecule has 2 heterocycles. The summed E-state index contributed by atoms with van der Waals surface area (Å²) in [6.07, 6.45) is -2.90. The Morgan fingerprint density at radius 3 is 2.62 bits per heavy atom. The van der Waals surface area contributed by atoms with Gasteiger partial charge in [-0.3, -0.25) is 4.79 Å². The predicted molar refractivity (Wildman–Crippen MR) is 91.2 cm³/mol. The van der Waals surface area contributed by atoms with E-state index in [1.807, 2.05) is 17.5 Å². The minimum absolute atomic E-state index is 0.00764. The van der Waals surface area contributed by atoms with Crippen LogP contribution in [0.4, 0.5) is 13.2 Å². The smallest absolute Gasteiger partial charge is 0.406 e. The van der Waals surface area contributed by atoms with Crippen LogP contribution in [0, 0.1) is 0 Å². The Morgan fingerprint density at radius 1 is 1.27 bits per heavy atom. The quantitative estimate of drug-likeness (QED) is 0.737. The second kappa shape index (κ2) is 8.09. The summed E-state index contributed by atoms with van der Waals surface area (Å²) >= 11 is 1.55. The SMILES string of the molecule is O=C(c1ccc(OC(F)(F)F)cc1)N(Cc1cccs1)CC1CCCO1. The van der Waals surface area contributed by atoms with Crippen LogP contribution in [0.3, 0.4) is 0 Å². The number of amides is 1. The van der Waals surface area contributed by atoms with Gasteiger partial charge < -0.3 is 14.4 Å². The predicted octanol–water partition coefficient (Wildman–Crippen LogP) is 4.47. The van der Waals surface area contributed by atoms with Gasteiger partial charge in [-0.2, -0.15) is 0 Å². The molecule has 140 valence electrons. The maximum Gasteiger partial charge on any atom is 0.573 e. The number of thiophene rings is 1. The number of nitrogens with zero attached hydrogens (tertiary/aromatic N) is 1. The fourth-order valence-corrected chi connectivity index (χ4v) is 3.55. The van der Waals surface area contributed by atoms with Crippen LogP contribution in [0.2, 0.25) is 0 Å². The lowest BCUT2D eigenvalue weighted by Crippen LogP contribution is -2.36. The van der Waals surface area contributed by atoms with Gasteiger partial charge >= 0.3 is 6.36 Å². The summed E-state index contributed by atoms with van der Waals surface area (Å²) in [4.78, 5) is 15.6. The first kappa shape index (κ1) is 18.7. The summed E-state index contributed by atoms with van der Waals surface area (Å²) in [5.41, 5.74) is 0.314. The molecule has 1 aliphatic heterocycles. The first-order valence-electron chi connectivity index (χ1n) is 8.20. The van der Waals surface area contributed by atoms with Crippen LogP contribution in [-0.4, -0.2) is 36.4 Å². The van der Waals surface area contributed by atoms with Crippen molar-refractivity contribution >= 4 is 17.2 Å². The summed E-state index contributed by atoms with van der Waals surface area (Å²) in [7, 11) is 0. The molecule has 1 aromatic carbocycles. The van der Waals surface area contributed by atoms with Crippen molar-refractivity contribution in [1.82, 2.24) is 4.90 Å². The number of halogens is 3. The van der Waals surface area contributed by atoms with Crippen LogP contribution in [0.5, 0.6) is 5.75 Å². The Morgan fingerprint density at radius 2 is 2.04 bits per heavy atom. The fraction of sp³-hybridized carbons (Fsp3) is 0.389. The zero-order valence-corrected chi connectivity index (χ0v) is 14.7. The normalized spacial score (nSPS) is 17.3. The molecule has 1 unspecified atom stereocenters. The van der Waals surface area contributed by atoms with Crippen molar-refractivity contribution in [2.45, 2.75) is 31.9 Å². The van der Waals surface area contributed by atoms with E-state index in [2.05, 4.69) is 4.74 Å². The molecule has 1 amide bonds. The van der Waals surface area contributed by atoms with Crippen LogP contribution in [0.15, 0.2) is 41.8 Å². The second-order valence-corrected chi connectivity index (χ2v) is 7.00. The highest BCUT2D eigenvalue weighted by molar-refractivity contribution is 7.09. The van der Waals surface area contributed by atoms with Crippen molar-refractivity contribution in [2.24, 2.45) is 0 Å². The summed E-state index contributed by atoms with van der Waals surface area (Å²) in [6, 6.07) is 8.85. The molecule has 1 aromatic heterocycles. The second-order valence-electron chi connectivity index (χ2n) is 5.97. The molecule has 0 saturated carbocycles. The third kappa shape index (κ3) is 5.22. The van der Waals surface area contributed by atoms with E-state index in [1.165, 1.54) is 12.1 Å². The summed E-state index contributed by atoms with van der Waals surface area (Å²) in [5, 5.41) is 1.94. The number of hydrogen-bond acceptors (Lipinski definition) is 4. The molecule has 0 radical (unpaired) electrons. The molecule has 1 atom stereocenters. The zero-order chi connectivity index (χ0) is 18.6. The van der Waals surface area contributed by atoms with E-state index in [0.29, 0.717) is 25.3 Å². The van der Waals surface area contributed by atoms with Crippen LogP contribution in [-0.2, 0) is 11.3 Å². The van der Waals surface area contributed by atoms with Gasteiger partial charge in [0.05, 0.1) is 12.6 Å². The van der Waals surface area contributed by atoms with E-state index in [9.17, 15) is 18.0 Å². The van der Waals surface area contributed by atoms with Crippen molar-refractivity contribution in [3.8, 4) is 5.75 Å². The van der Waals surface area contributed by atoms with Crippen LogP contribution >= 0.6 is 11.3 Å². The van der Waals surface area contributed by atoms with Gasteiger partial charge in [-0.1, -0.05) is 6.07 Å². The maximum atomic E-state index is 12.9. The van der Waals surface area contributed by atoms with Gasteiger partial charge in [0.2, 0.25) is 0 Å². The molecule has 26 heavy (non-hydrogen) atoms. The highest BCUT2D eigenvalue weighted by atomic mass is 32.1. The molecule has 0 N–H and O–H groups in total. The zero-order valence-electron chi connectivity index (χ0n) is 13.9. The lowest BCUT2D eigenvalue weighted by Gasteiger charge is -2.25. The fourth-order valence-electron chi connectivity index (χ4n) is 2.83. The summed E-state index contributed by atoms with van der Waals surface area (Å²) < 4.78 is 46.2. The molecule has 4 nitrogen and oxygen atoms in total. The first-order chi connectivity index (χ1) is 12.4. The van der Waals surface area contributed by atoms with Gasteiger partial charge in [0, 0.05) is 23.6 Å². The standard InChI is InChI=1S/C18H18F3NO3S/c19-18(20,21)25-14-7-5-13(6-8-14)17(23)22(11-15-3-1-9-24-15)12-16-4-2-10-26-16/h2,4-8,10,15H,1,3,9,11-12H2. The average Bonchev–Trinajstić information content (AvgIpc) is 3.27. The number of carbonyl (C=O) groups is 1. The van der Waals surface area contributed by atoms with Gasteiger partial charge in [-0.25, -0.2) is 0 Å². The number of carbonyl (C=O) groups excluding carboxylic acids is 1. The van der Waals surface area contributed by atoms with Crippen molar-refractivity contribution in [1.29, 1.82) is 0 Å². The van der Waals surface area contributed by atoms with Gasteiger partial charge in [0.25, 0.3) is 5.91 Å². The van der Waals surface area contributed by atoms with Crippen molar-refractivity contribution in [2.75, 3.05) is 13.2 Å². The molecular weight excluding hydrogens is 367 g/mol. The molecular formula is C18H18F3NO3S. The third-order valence-electron chi connectivity index (χ3n) is 4.00. The van der Waals surface area contributed by atoms with E-state index >= 15 is 0 Å². The molecule has 8 heteroatoms. The minimum Gasteiger partial charge on any atom is -0.406 e. The van der Waals surface area contributed by atoms with Gasteiger partial charge in [-0.15, -0.1) is 24.5 Å². The van der Waals surface area contributed by atoms with Crippen molar-refractivity contribution in [3.63, 3.8) is 0 Å². The van der Waals surface area contributed by atoms with E-state index in [-0.39, 0.29) is 17.8 Å². The lowest BCUT2D eigenvalue weighted by molar-refractivity contribution is -0.274. The summed E-state index contributed by atoms with van der Waals surface area (Å²) in [5.74, 6) is -0.592. The third-order valence-corrected chi connectivity index (χ3v) is 4.86. The Balaban J connectivity index is 1.72. The molecule has 0 spiro atoms. The highest BCUT2D eigenvalue weighted by Crippen LogP contribution is 2.24. The monoisotopic (exact) mass is 385 g/mol. The molecule has 3 rings (SSSR count). The van der Waals surface area contributed by atoms with E-state index in [1.54, 1.807) is 16.2 Å². The van der Waals surface area contributed by atoms with Crippen molar-refractivity contribution < 1.29 is 27.4 Å². The van der Waals surface area contributed by atoms with E-state index in [0.717, 1.165) is 29.9 Å². The first-order valence-corrected chi connectivity index (χ1v) is 9.08. The molecule has 1 saturated heterocycles. The summed E-state index contributed by atoms with van der Waals surface area (Å²) in [6.45, 7) is 1.59. The number of alkyl halides is 3. The van der Waals surface area contributed by atoms with Crippen LogP contribution < -0.4 is 4.74 Å². The Labute approximate surface area is 153 Å². The van der Waals surface area contributed by atoms with Gasteiger partial charge in [0.15, 0.2) is 0 Å². The number of ether oxygens (including phenoxy) is 2.